The Balaban J connectivity index is 1.72. The molecule has 0 fully saturated rings. The van der Waals surface area contributed by atoms with Gasteiger partial charge in [0.25, 0.3) is 5.91 Å². The lowest BCUT2D eigenvalue weighted by atomic mass is 10.0. The van der Waals surface area contributed by atoms with Gasteiger partial charge in [0, 0.05) is 22.0 Å². The zero-order chi connectivity index (χ0) is 19.2. The average Bonchev–Trinajstić information content (AvgIpc) is 2.68. The van der Waals surface area contributed by atoms with Gasteiger partial charge in [-0.05, 0) is 29.8 Å². The van der Waals surface area contributed by atoms with E-state index in [-0.39, 0.29) is 18.0 Å². The van der Waals surface area contributed by atoms with Crippen molar-refractivity contribution < 1.29 is 9.59 Å². The van der Waals surface area contributed by atoms with Crippen LogP contribution in [-0.4, -0.2) is 18.4 Å². The second-order valence-electron chi connectivity index (χ2n) is 5.87. The van der Waals surface area contributed by atoms with Crippen LogP contribution in [0.15, 0.2) is 72.8 Å². The quantitative estimate of drug-likeness (QED) is 0.601. The summed E-state index contributed by atoms with van der Waals surface area (Å²) in [7, 11) is 0. The van der Waals surface area contributed by atoms with E-state index in [1.165, 1.54) is 6.07 Å². The second-order valence-corrected chi connectivity index (χ2v) is 6.30. The predicted molar refractivity (Wildman–Crippen MR) is 109 cm³/mol. The van der Waals surface area contributed by atoms with E-state index in [0.29, 0.717) is 16.4 Å². The zero-order valence-corrected chi connectivity index (χ0v) is 15.2. The Hall–Kier alpha value is -3.31. The Kier molecular flexibility index (Phi) is 5.74. The third-order valence-corrected chi connectivity index (χ3v) is 4.21. The van der Waals surface area contributed by atoms with Crippen molar-refractivity contribution in [3.63, 3.8) is 0 Å². The van der Waals surface area contributed by atoms with Gasteiger partial charge in [-0.3, -0.25) is 9.59 Å². The average molecular weight is 380 g/mol. The fourth-order valence-electron chi connectivity index (χ4n) is 2.71. The number of hydrogen-bond donors (Lipinski definition) is 3. The van der Waals surface area contributed by atoms with Gasteiger partial charge in [-0.25, -0.2) is 0 Å². The van der Waals surface area contributed by atoms with Gasteiger partial charge < -0.3 is 16.4 Å². The highest BCUT2D eigenvalue weighted by Gasteiger charge is 2.12. The summed E-state index contributed by atoms with van der Waals surface area (Å²) in [5, 5.41) is 6.22. The van der Waals surface area contributed by atoms with Gasteiger partial charge in [0.15, 0.2) is 0 Å². The molecule has 3 aromatic carbocycles. The fraction of sp³-hybridized carbons (Fsp3) is 0.0476. The van der Waals surface area contributed by atoms with E-state index in [1.54, 1.807) is 12.1 Å². The van der Waals surface area contributed by atoms with Crippen LogP contribution in [0.5, 0.6) is 0 Å². The predicted octanol–water partition coefficient (Wildman–Crippen LogP) is 4.16. The molecule has 2 amide bonds. The first-order valence-electron chi connectivity index (χ1n) is 8.32. The number of halogens is 1. The monoisotopic (exact) mass is 379 g/mol. The molecule has 3 aromatic rings. The van der Waals surface area contributed by atoms with Crippen molar-refractivity contribution in [2.45, 2.75) is 0 Å². The number of para-hydroxylation sites is 1. The van der Waals surface area contributed by atoms with Gasteiger partial charge >= 0.3 is 0 Å². The molecule has 0 bridgehead atoms. The van der Waals surface area contributed by atoms with Crippen molar-refractivity contribution in [2.24, 2.45) is 5.73 Å². The second kappa shape index (κ2) is 8.38. The molecule has 0 aliphatic heterocycles. The summed E-state index contributed by atoms with van der Waals surface area (Å²) in [5.41, 5.74) is 8.70. The molecule has 3 rings (SSSR count). The standard InChI is InChI=1S/C21H18ClN3O2/c22-15-10-11-18(17(12-15)21(23)27)24-13-20(26)25-19-9-5-4-8-16(19)14-6-2-1-3-7-14/h1-12,24H,13H2,(H2,23,27)(H,25,26). The number of primary amides is 1. The number of hydrogen-bond acceptors (Lipinski definition) is 3. The SMILES string of the molecule is NC(=O)c1cc(Cl)ccc1NCC(=O)Nc1ccccc1-c1ccccc1. The van der Waals surface area contributed by atoms with E-state index in [4.69, 9.17) is 17.3 Å². The molecule has 0 radical (unpaired) electrons. The van der Waals surface area contributed by atoms with Crippen LogP contribution in [0.1, 0.15) is 10.4 Å². The minimum absolute atomic E-state index is 0.0228. The Morgan fingerprint density at radius 2 is 1.59 bits per heavy atom. The molecule has 0 saturated heterocycles. The first kappa shape index (κ1) is 18.5. The van der Waals surface area contributed by atoms with Crippen LogP contribution in [0.25, 0.3) is 11.1 Å². The molecule has 0 saturated carbocycles. The molecule has 0 atom stereocenters. The van der Waals surface area contributed by atoms with Gasteiger partial charge in [0.2, 0.25) is 5.91 Å². The lowest BCUT2D eigenvalue weighted by Crippen LogP contribution is -2.23. The van der Waals surface area contributed by atoms with E-state index in [2.05, 4.69) is 10.6 Å². The van der Waals surface area contributed by atoms with Gasteiger partial charge in [-0.15, -0.1) is 0 Å². The van der Waals surface area contributed by atoms with Gasteiger partial charge in [-0.1, -0.05) is 60.1 Å². The van der Waals surface area contributed by atoms with Crippen molar-refractivity contribution in [1.29, 1.82) is 0 Å². The summed E-state index contributed by atoms with van der Waals surface area (Å²) in [5.74, 6) is -0.862. The van der Waals surface area contributed by atoms with Crippen molar-refractivity contribution in [2.75, 3.05) is 17.2 Å². The van der Waals surface area contributed by atoms with Crippen LogP contribution in [0.4, 0.5) is 11.4 Å². The summed E-state index contributed by atoms with van der Waals surface area (Å²) < 4.78 is 0. The summed E-state index contributed by atoms with van der Waals surface area (Å²) in [6, 6.07) is 22.1. The molecule has 5 nitrogen and oxygen atoms in total. The van der Waals surface area contributed by atoms with E-state index < -0.39 is 5.91 Å². The summed E-state index contributed by atoms with van der Waals surface area (Å²) in [6.07, 6.45) is 0. The topological polar surface area (TPSA) is 84.2 Å². The van der Waals surface area contributed by atoms with Crippen molar-refractivity contribution in [3.05, 3.63) is 83.4 Å². The highest BCUT2D eigenvalue weighted by atomic mass is 35.5. The van der Waals surface area contributed by atoms with E-state index in [1.807, 2.05) is 54.6 Å². The van der Waals surface area contributed by atoms with Gasteiger partial charge in [0.1, 0.15) is 0 Å². The molecule has 6 heteroatoms. The largest absolute Gasteiger partial charge is 0.375 e. The maximum Gasteiger partial charge on any atom is 0.250 e. The van der Waals surface area contributed by atoms with Crippen LogP contribution in [0.3, 0.4) is 0 Å². The molecule has 27 heavy (non-hydrogen) atoms. The van der Waals surface area contributed by atoms with Gasteiger partial charge in [-0.2, -0.15) is 0 Å². The Morgan fingerprint density at radius 3 is 2.33 bits per heavy atom. The zero-order valence-electron chi connectivity index (χ0n) is 14.4. The van der Waals surface area contributed by atoms with E-state index in [9.17, 15) is 9.59 Å². The molecule has 0 aliphatic rings. The number of benzene rings is 3. The van der Waals surface area contributed by atoms with Crippen molar-refractivity contribution >= 4 is 34.8 Å². The molecule has 0 heterocycles. The molecular weight excluding hydrogens is 362 g/mol. The van der Waals surface area contributed by atoms with Crippen molar-refractivity contribution in [1.82, 2.24) is 0 Å². The fourth-order valence-corrected chi connectivity index (χ4v) is 2.88. The number of amides is 2. The highest BCUT2D eigenvalue weighted by Crippen LogP contribution is 2.27. The molecule has 0 unspecified atom stereocenters. The Bertz CT molecular complexity index is 974. The van der Waals surface area contributed by atoms with Crippen LogP contribution in [-0.2, 0) is 4.79 Å². The highest BCUT2D eigenvalue weighted by molar-refractivity contribution is 6.31. The molecule has 136 valence electrons. The number of carbonyl (C=O) groups is 2. The number of nitrogens with one attached hydrogen (secondary N) is 2. The molecule has 0 aliphatic carbocycles. The molecule has 0 spiro atoms. The maximum absolute atomic E-state index is 12.4. The normalized spacial score (nSPS) is 10.3. The van der Waals surface area contributed by atoms with Crippen LogP contribution in [0.2, 0.25) is 5.02 Å². The third-order valence-electron chi connectivity index (χ3n) is 3.97. The minimum atomic E-state index is -0.616. The Morgan fingerprint density at radius 1 is 0.889 bits per heavy atom. The number of anilines is 2. The first-order chi connectivity index (χ1) is 13.0. The summed E-state index contributed by atoms with van der Waals surface area (Å²) >= 11 is 5.89. The summed E-state index contributed by atoms with van der Waals surface area (Å²) in [4.78, 5) is 23.9. The summed E-state index contributed by atoms with van der Waals surface area (Å²) in [6.45, 7) is -0.0228. The minimum Gasteiger partial charge on any atom is -0.375 e. The number of carbonyl (C=O) groups excluding carboxylic acids is 2. The molecular formula is C21H18ClN3O2. The molecule has 4 N–H and O–H groups in total. The number of nitrogens with two attached hydrogens (primary N) is 1. The Labute approximate surface area is 162 Å². The smallest absolute Gasteiger partial charge is 0.250 e. The van der Waals surface area contributed by atoms with E-state index >= 15 is 0 Å². The van der Waals surface area contributed by atoms with Crippen LogP contribution >= 0.6 is 11.6 Å². The maximum atomic E-state index is 12.4. The third kappa shape index (κ3) is 4.65. The van der Waals surface area contributed by atoms with E-state index in [0.717, 1.165) is 11.1 Å². The lowest BCUT2D eigenvalue weighted by Gasteiger charge is -2.13. The van der Waals surface area contributed by atoms with Crippen molar-refractivity contribution in [3.8, 4) is 11.1 Å². The van der Waals surface area contributed by atoms with Crippen LogP contribution < -0.4 is 16.4 Å². The van der Waals surface area contributed by atoms with Crippen LogP contribution in [0, 0.1) is 0 Å². The lowest BCUT2D eigenvalue weighted by molar-refractivity contribution is -0.114. The molecule has 0 aromatic heterocycles. The first-order valence-corrected chi connectivity index (χ1v) is 8.70. The number of rotatable bonds is 6. The van der Waals surface area contributed by atoms with Gasteiger partial charge in [0.05, 0.1) is 12.1 Å².